The third-order valence-corrected chi connectivity index (χ3v) is 3.81. The molecular formula is C18H15Cl2F4NO4. The van der Waals surface area contributed by atoms with Crippen molar-refractivity contribution in [2.24, 2.45) is 0 Å². The van der Waals surface area contributed by atoms with Crippen molar-refractivity contribution in [1.82, 2.24) is 5.32 Å². The summed E-state index contributed by atoms with van der Waals surface area (Å²) in [6, 6.07) is 11.4. The number of alkyl carbamates (subject to hydrolysis) is 1. The highest BCUT2D eigenvalue weighted by molar-refractivity contribution is 6.32. The lowest BCUT2D eigenvalue weighted by molar-refractivity contribution is -0.153. The first-order valence-corrected chi connectivity index (χ1v) is 8.85. The van der Waals surface area contributed by atoms with Crippen molar-refractivity contribution in [2.75, 3.05) is 19.8 Å². The number of hydrogen-bond donors (Lipinski definition) is 1. The number of amides is 1. The van der Waals surface area contributed by atoms with Gasteiger partial charge in [-0.25, -0.2) is 13.6 Å². The average Bonchev–Trinajstić information content (AvgIpc) is 2.65. The molecule has 2 rings (SSSR count). The van der Waals surface area contributed by atoms with Gasteiger partial charge in [0.05, 0.1) is 11.6 Å². The van der Waals surface area contributed by atoms with E-state index in [1.165, 1.54) is 12.1 Å². The van der Waals surface area contributed by atoms with E-state index in [1.807, 2.05) is 0 Å². The van der Waals surface area contributed by atoms with Crippen LogP contribution in [0.15, 0.2) is 42.5 Å². The maximum atomic E-state index is 12.6. The van der Waals surface area contributed by atoms with E-state index in [1.54, 1.807) is 30.3 Å². The van der Waals surface area contributed by atoms with Crippen LogP contribution >= 0.6 is 23.2 Å². The van der Waals surface area contributed by atoms with Gasteiger partial charge in [-0.15, -0.1) is 0 Å². The van der Waals surface area contributed by atoms with Gasteiger partial charge in [-0.05, 0) is 30.3 Å². The fourth-order valence-electron chi connectivity index (χ4n) is 1.92. The maximum Gasteiger partial charge on any atom is 0.407 e. The Kier molecular flexibility index (Phi) is 8.21. The third-order valence-electron chi connectivity index (χ3n) is 3.28. The molecule has 11 heteroatoms. The van der Waals surface area contributed by atoms with Gasteiger partial charge in [0.15, 0.2) is 6.61 Å². The summed E-state index contributed by atoms with van der Waals surface area (Å²) < 4.78 is 64.2. The second-order valence-electron chi connectivity index (χ2n) is 5.56. The molecule has 0 aliphatic heterocycles. The molecule has 0 heterocycles. The van der Waals surface area contributed by atoms with E-state index in [2.05, 4.69) is 10.1 Å². The van der Waals surface area contributed by atoms with Crippen LogP contribution in [-0.2, 0) is 4.74 Å². The molecule has 1 amide bonds. The SMILES string of the molecule is O=C(NCCOc1ccc(Oc2cccc(Cl)c2)cc1Cl)OCC(F)(F)C(F)F. The molecule has 5 nitrogen and oxygen atoms in total. The van der Waals surface area contributed by atoms with E-state index >= 15 is 0 Å². The number of benzene rings is 2. The number of ether oxygens (including phenoxy) is 3. The minimum Gasteiger partial charge on any atom is -0.490 e. The Morgan fingerprint density at radius 2 is 1.83 bits per heavy atom. The Bertz CT molecular complexity index is 839. The van der Waals surface area contributed by atoms with E-state index in [4.69, 9.17) is 32.7 Å². The highest BCUT2D eigenvalue weighted by Crippen LogP contribution is 2.32. The Morgan fingerprint density at radius 1 is 1.10 bits per heavy atom. The molecule has 1 N–H and O–H groups in total. The Labute approximate surface area is 173 Å². The fraction of sp³-hybridized carbons (Fsp3) is 0.278. The second-order valence-corrected chi connectivity index (χ2v) is 6.41. The Morgan fingerprint density at radius 3 is 2.48 bits per heavy atom. The van der Waals surface area contributed by atoms with Crippen LogP contribution in [0.5, 0.6) is 17.2 Å². The summed E-state index contributed by atoms with van der Waals surface area (Å²) in [6.45, 7) is -1.93. The molecule has 0 unspecified atom stereocenters. The van der Waals surface area contributed by atoms with Crippen molar-refractivity contribution in [3.8, 4) is 17.2 Å². The van der Waals surface area contributed by atoms with Gasteiger partial charge < -0.3 is 19.5 Å². The molecule has 0 aliphatic carbocycles. The van der Waals surface area contributed by atoms with Gasteiger partial charge in [0, 0.05) is 11.1 Å². The topological polar surface area (TPSA) is 56.8 Å². The van der Waals surface area contributed by atoms with Crippen molar-refractivity contribution in [1.29, 1.82) is 0 Å². The molecule has 0 fully saturated rings. The van der Waals surface area contributed by atoms with E-state index in [9.17, 15) is 22.4 Å². The summed E-state index contributed by atoms with van der Waals surface area (Å²) in [5.74, 6) is -3.17. The molecule has 158 valence electrons. The highest BCUT2D eigenvalue weighted by atomic mass is 35.5. The zero-order valence-electron chi connectivity index (χ0n) is 14.6. The van der Waals surface area contributed by atoms with Gasteiger partial charge >= 0.3 is 18.4 Å². The van der Waals surface area contributed by atoms with E-state index in [-0.39, 0.29) is 23.9 Å². The zero-order valence-corrected chi connectivity index (χ0v) is 16.2. The van der Waals surface area contributed by atoms with E-state index < -0.39 is 25.0 Å². The predicted octanol–water partition coefficient (Wildman–Crippen LogP) is 5.79. The first kappa shape index (κ1) is 22.9. The zero-order chi connectivity index (χ0) is 21.4. The lowest BCUT2D eigenvalue weighted by Gasteiger charge is -2.15. The number of alkyl halides is 4. The molecule has 0 saturated carbocycles. The fourth-order valence-corrected chi connectivity index (χ4v) is 2.32. The Balaban J connectivity index is 1.76. The summed E-state index contributed by atoms with van der Waals surface area (Å²) in [5, 5.41) is 2.83. The van der Waals surface area contributed by atoms with Gasteiger partial charge in [0.1, 0.15) is 23.9 Å². The smallest absolute Gasteiger partial charge is 0.407 e. The van der Waals surface area contributed by atoms with E-state index in [0.29, 0.717) is 16.5 Å². The quantitative estimate of drug-likeness (QED) is 0.384. The van der Waals surface area contributed by atoms with Crippen LogP contribution in [0.4, 0.5) is 22.4 Å². The molecule has 2 aromatic carbocycles. The molecule has 0 radical (unpaired) electrons. The largest absolute Gasteiger partial charge is 0.490 e. The predicted molar refractivity (Wildman–Crippen MR) is 98.8 cm³/mol. The molecule has 2 aromatic rings. The van der Waals surface area contributed by atoms with Crippen LogP contribution in [0.2, 0.25) is 10.0 Å². The lowest BCUT2D eigenvalue weighted by atomic mass is 10.3. The third kappa shape index (κ3) is 7.51. The standard InChI is InChI=1S/C18H15Cl2F4NO4/c19-11-2-1-3-12(8-11)29-13-4-5-15(14(20)9-13)27-7-6-25-17(26)28-10-18(23,24)16(21)22/h1-5,8-9,16H,6-7,10H2,(H,25,26). The minimum absolute atomic E-state index is 0.0748. The monoisotopic (exact) mass is 455 g/mol. The molecule has 0 aliphatic rings. The lowest BCUT2D eigenvalue weighted by Crippen LogP contribution is -2.37. The van der Waals surface area contributed by atoms with Gasteiger partial charge in [-0.1, -0.05) is 29.3 Å². The van der Waals surface area contributed by atoms with Gasteiger partial charge in [0.2, 0.25) is 0 Å². The van der Waals surface area contributed by atoms with Crippen molar-refractivity contribution in [3.05, 3.63) is 52.5 Å². The van der Waals surface area contributed by atoms with Gasteiger partial charge in [-0.2, -0.15) is 8.78 Å². The van der Waals surface area contributed by atoms with Crippen molar-refractivity contribution >= 4 is 29.3 Å². The number of carbonyl (C=O) groups excluding carboxylic acids is 1. The van der Waals surface area contributed by atoms with Crippen LogP contribution in [0, 0.1) is 0 Å². The van der Waals surface area contributed by atoms with Crippen LogP contribution in [0.1, 0.15) is 0 Å². The first-order chi connectivity index (χ1) is 13.7. The van der Waals surface area contributed by atoms with Crippen LogP contribution in [-0.4, -0.2) is 38.2 Å². The second kappa shape index (κ2) is 10.4. The van der Waals surface area contributed by atoms with Crippen LogP contribution < -0.4 is 14.8 Å². The summed E-state index contributed by atoms with van der Waals surface area (Å²) in [7, 11) is 0. The summed E-state index contributed by atoms with van der Waals surface area (Å²) in [4.78, 5) is 11.2. The minimum atomic E-state index is -4.41. The summed E-state index contributed by atoms with van der Waals surface area (Å²) >= 11 is 12.0. The number of hydrogen-bond acceptors (Lipinski definition) is 4. The number of carbonyl (C=O) groups is 1. The van der Waals surface area contributed by atoms with Gasteiger partial charge in [0.25, 0.3) is 0 Å². The number of nitrogens with one attached hydrogen (secondary N) is 1. The van der Waals surface area contributed by atoms with Crippen molar-refractivity contribution in [3.63, 3.8) is 0 Å². The van der Waals surface area contributed by atoms with Crippen molar-refractivity contribution < 1.29 is 36.6 Å². The molecule has 0 bridgehead atoms. The molecule has 0 atom stereocenters. The summed E-state index contributed by atoms with van der Waals surface area (Å²) in [6.07, 6.45) is -5.20. The molecule has 29 heavy (non-hydrogen) atoms. The number of halogens is 6. The Hall–Kier alpha value is -2.39. The number of rotatable bonds is 9. The molecule has 0 spiro atoms. The van der Waals surface area contributed by atoms with Crippen LogP contribution in [0.25, 0.3) is 0 Å². The molecule has 0 saturated heterocycles. The normalized spacial score (nSPS) is 11.3. The maximum absolute atomic E-state index is 12.6. The van der Waals surface area contributed by atoms with Crippen LogP contribution in [0.3, 0.4) is 0 Å². The first-order valence-electron chi connectivity index (χ1n) is 8.10. The summed E-state index contributed by atoms with van der Waals surface area (Å²) in [5.41, 5.74) is 0. The average molecular weight is 456 g/mol. The van der Waals surface area contributed by atoms with E-state index in [0.717, 1.165) is 0 Å². The van der Waals surface area contributed by atoms with Gasteiger partial charge in [-0.3, -0.25) is 0 Å². The highest BCUT2D eigenvalue weighted by Gasteiger charge is 2.42. The molecule has 0 aromatic heterocycles. The van der Waals surface area contributed by atoms with Crippen molar-refractivity contribution in [2.45, 2.75) is 12.3 Å². The molecular weight excluding hydrogens is 441 g/mol.